The molecule has 4 nitrogen and oxygen atoms in total. The number of thiophene rings is 1. The van der Waals surface area contributed by atoms with Crippen molar-refractivity contribution in [1.82, 2.24) is 10.2 Å². The van der Waals surface area contributed by atoms with Crippen molar-refractivity contribution in [3.05, 3.63) is 22.4 Å². The van der Waals surface area contributed by atoms with Crippen molar-refractivity contribution in [3.63, 3.8) is 0 Å². The standard InChI is InChI=1S/C14H18N2O2S2/c17-13-14(4-5-14)15-12(10-1-6-19-9-10)16(13)11-2-7-20(18)8-3-11/h1,6,9,11-12,15H,2-5,7-8H2. The van der Waals surface area contributed by atoms with Crippen molar-refractivity contribution in [1.29, 1.82) is 0 Å². The zero-order chi connectivity index (χ0) is 13.7. The molecule has 1 aromatic heterocycles. The molecule has 3 fully saturated rings. The Labute approximate surface area is 125 Å². The minimum atomic E-state index is -0.680. The smallest absolute Gasteiger partial charge is 0.244 e. The van der Waals surface area contributed by atoms with Crippen molar-refractivity contribution in [3.8, 4) is 0 Å². The van der Waals surface area contributed by atoms with Crippen molar-refractivity contribution in [2.75, 3.05) is 11.5 Å². The van der Waals surface area contributed by atoms with E-state index < -0.39 is 10.8 Å². The van der Waals surface area contributed by atoms with Crippen LogP contribution in [0.4, 0.5) is 0 Å². The van der Waals surface area contributed by atoms with Gasteiger partial charge in [-0.1, -0.05) is 0 Å². The lowest BCUT2D eigenvalue weighted by molar-refractivity contribution is -0.133. The van der Waals surface area contributed by atoms with Crippen LogP contribution in [0.5, 0.6) is 0 Å². The van der Waals surface area contributed by atoms with Crippen molar-refractivity contribution >= 4 is 28.0 Å². The van der Waals surface area contributed by atoms with Crippen LogP contribution in [0.2, 0.25) is 0 Å². The number of nitrogens with zero attached hydrogens (tertiary/aromatic N) is 1. The summed E-state index contributed by atoms with van der Waals surface area (Å²) in [6.45, 7) is 0. The minimum absolute atomic E-state index is 0.0211. The van der Waals surface area contributed by atoms with Crippen molar-refractivity contribution < 1.29 is 9.00 Å². The first-order chi connectivity index (χ1) is 9.70. The zero-order valence-electron chi connectivity index (χ0n) is 11.2. The molecule has 1 atom stereocenters. The number of carbonyl (C=O) groups excluding carboxylic acids is 1. The normalized spacial score (nSPS) is 35.7. The molecule has 1 unspecified atom stereocenters. The summed E-state index contributed by atoms with van der Waals surface area (Å²) >= 11 is 1.67. The summed E-state index contributed by atoms with van der Waals surface area (Å²) in [6, 6.07) is 2.35. The highest BCUT2D eigenvalue weighted by Crippen LogP contribution is 2.47. The first-order valence-electron chi connectivity index (χ1n) is 7.17. The van der Waals surface area contributed by atoms with Crippen molar-refractivity contribution in [2.24, 2.45) is 0 Å². The summed E-state index contributed by atoms with van der Waals surface area (Å²) in [5.41, 5.74) is 0.919. The molecular formula is C14H18N2O2S2. The van der Waals surface area contributed by atoms with Crippen LogP contribution in [0.15, 0.2) is 16.8 Å². The summed E-state index contributed by atoms with van der Waals surface area (Å²) in [5.74, 6) is 1.74. The van der Waals surface area contributed by atoms with E-state index >= 15 is 0 Å². The van der Waals surface area contributed by atoms with E-state index in [1.807, 2.05) is 0 Å². The third-order valence-corrected chi connectivity index (χ3v) is 6.78. The summed E-state index contributed by atoms with van der Waals surface area (Å²) in [7, 11) is -0.680. The van der Waals surface area contributed by atoms with E-state index in [1.54, 1.807) is 11.3 Å². The van der Waals surface area contributed by atoms with E-state index in [9.17, 15) is 9.00 Å². The molecule has 0 radical (unpaired) electrons. The second-order valence-corrected chi connectivity index (χ2v) is 8.45. The summed E-state index contributed by atoms with van der Waals surface area (Å²) in [6.07, 6.45) is 3.68. The average molecular weight is 310 g/mol. The quantitative estimate of drug-likeness (QED) is 0.903. The van der Waals surface area contributed by atoms with Gasteiger partial charge < -0.3 is 4.90 Å². The largest absolute Gasteiger partial charge is 0.318 e. The predicted molar refractivity (Wildman–Crippen MR) is 79.9 cm³/mol. The van der Waals surface area contributed by atoms with E-state index in [4.69, 9.17) is 0 Å². The van der Waals surface area contributed by atoms with Gasteiger partial charge in [0, 0.05) is 28.3 Å². The number of carbonyl (C=O) groups is 1. The molecule has 0 aromatic carbocycles. The number of rotatable bonds is 2. The van der Waals surface area contributed by atoms with E-state index in [2.05, 4.69) is 27.0 Å². The van der Waals surface area contributed by atoms with E-state index in [1.165, 1.54) is 5.56 Å². The second-order valence-electron chi connectivity index (χ2n) is 5.98. The maximum Gasteiger partial charge on any atom is 0.244 e. The van der Waals surface area contributed by atoms with Crippen molar-refractivity contribution in [2.45, 2.75) is 43.4 Å². The maximum atomic E-state index is 12.8. The molecule has 20 heavy (non-hydrogen) atoms. The van der Waals surface area contributed by atoms with Crippen LogP contribution in [0, 0.1) is 0 Å². The Morgan fingerprint density at radius 1 is 1.35 bits per heavy atom. The van der Waals surface area contributed by atoms with Crippen LogP contribution >= 0.6 is 11.3 Å². The van der Waals surface area contributed by atoms with Crippen LogP contribution in [0.3, 0.4) is 0 Å². The number of amides is 1. The lowest BCUT2D eigenvalue weighted by atomic mass is 10.1. The van der Waals surface area contributed by atoms with Gasteiger partial charge in [0.15, 0.2) is 0 Å². The van der Waals surface area contributed by atoms with Gasteiger partial charge in [0.1, 0.15) is 11.7 Å². The third-order valence-electron chi connectivity index (χ3n) is 4.69. The van der Waals surface area contributed by atoms with Crippen LogP contribution < -0.4 is 5.32 Å². The first kappa shape index (κ1) is 13.0. The molecule has 0 bridgehead atoms. The Bertz CT molecular complexity index is 544. The molecule has 1 aromatic rings. The molecule has 3 heterocycles. The first-order valence-corrected chi connectivity index (χ1v) is 9.60. The lowest BCUT2D eigenvalue weighted by Gasteiger charge is -2.34. The topological polar surface area (TPSA) is 49.4 Å². The van der Waals surface area contributed by atoms with Crippen LogP contribution in [-0.2, 0) is 15.6 Å². The van der Waals surface area contributed by atoms with Gasteiger partial charge in [-0.25, -0.2) is 0 Å². The van der Waals surface area contributed by atoms with Gasteiger partial charge in [-0.3, -0.25) is 14.3 Å². The predicted octanol–water partition coefficient (Wildman–Crippen LogP) is 1.62. The third kappa shape index (κ3) is 1.96. The Morgan fingerprint density at radius 3 is 2.70 bits per heavy atom. The van der Waals surface area contributed by atoms with Gasteiger partial charge in [0.25, 0.3) is 0 Å². The monoisotopic (exact) mass is 310 g/mol. The molecule has 1 spiro atoms. The summed E-state index contributed by atoms with van der Waals surface area (Å²) in [5, 5.41) is 7.75. The van der Waals surface area contributed by atoms with Gasteiger partial charge in [-0.2, -0.15) is 11.3 Å². The minimum Gasteiger partial charge on any atom is -0.318 e. The molecule has 1 saturated carbocycles. The maximum absolute atomic E-state index is 12.8. The number of hydrogen-bond donors (Lipinski definition) is 1. The summed E-state index contributed by atoms with van der Waals surface area (Å²) in [4.78, 5) is 14.8. The highest BCUT2D eigenvalue weighted by Gasteiger charge is 2.60. The molecule has 1 amide bonds. The number of hydrogen-bond acceptors (Lipinski definition) is 4. The van der Waals surface area contributed by atoms with E-state index in [-0.39, 0.29) is 23.7 Å². The fourth-order valence-electron chi connectivity index (χ4n) is 3.35. The Balaban J connectivity index is 1.63. The molecule has 1 N–H and O–H groups in total. The number of nitrogens with one attached hydrogen (secondary N) is 1. The van der Waals surface area contributed by atoms with E-state index in [0.29, 0.717) is 0 Å². The average Bonchev–Trinajstić information content (AvgIpc) is 2.92. The molecule has 1 aliphatic carbocycles. The summed E-state index contributed by atoms with van der Waals surface area (Å²) < 4.78 is 11.5. The molecule has 2 aliphatic heterocycles. The molecule has 6 heteroatoms. The van der Waals surface area contributed by atoms with Crippen LogP contribution in [-0.4, -0.2) is 38.1 Å². The molecule has 3 aliphatic rings. The lowest BCUT2D eigenvalue weighted by Crippen LogP contribution is -2.43. The second kappa shape index (κ2) is 4.64. The molecule has 108 valence electrons. The molecular weight excluding hydrogens is 292 g/mol. The van der Waals surface area contributed by atoms with Gasteiger partial charge in [-0.15, -0.1) is 0 Å². The highest BCUT2D eigenvalue weighted by atomic mass is 32.2. The van der Waals surface area contributed by atoms with Gasteiger partial charge in [0.05, 0.1) is 0 Å². The van der Waals surface area contributed by atoms with E-state index in [0.717, 1.165) is 37.2 Å². The SMILES string of the molecule is O=C1N(C2CCS(=O)CC2)C(c2ccsc2)NC12CC2. The van der Waals surface area contributed by atoms with Gasteiger partial charge in [0.2, 0.25) is 5.91 Å². The Kier molecular flexibility index (Phi) is 3.01. The Morgan fingerprint density at radius 2 is 2.10 bits per heavy atom. The van der Waals surface area contributed by atoms with Gasteiger partial charge >= 0.3 is 0 Å². The molecule has 4 rings (SSSR count). The van der Waals surface area contributed by atoms with Crippen LogP contribution in [0.25, 0.3) is 0 Å². The van der Waals surface area contributed by atoms with Gasteiger partial charge in [-0.05, 0) is 48.1 Å². The molecule has 2 saturated heterocycles. The highest BCUT2D eigenvalue weighted by molar-refractivity contribution is 7.85. The zero-order valence-corrected chi connectivity index (χ0v) is 12.8. The Hall–Kier alpha value is -0.720. The fraction of sp³-hybridized carbons (Fsp3) is 0.643. The fourth-order valence-corrected chi connectivity index (χ4v) is 5.30. The van der Waals surface area contributed by atoms with Crippen LogP contribution in [0.1, 0.15) is 37.4 Å².